The number of carbonyl (C=O) groups is 11. The summed E-state index contributed by atoms with van der Waals surface area (Å²) in [6, 6.07) is 24.5. The highest BCUT2D eigenvalue weighted by Gasteiger charge is 2.78. The van der Waals surface area contributed by atoms with Gasteiger partial charge in [-0.3, -0.25) is 71.9 Å². The van der Waals surface area contributed by atoms with Gasteiger partial charge in [0.15, 0.2) is 0 Å². The lowest BCUT2D eigenvalue weighted by atomic mass is 9.59. The maximum Gasteiger partial charge on any atom is 0.338 e. The molecule has 0 N–H and O–H groups in total. The van der Waals surface area contributed by atoms with E-state index < -0.39 is 168 Å². The van der Waals surface area contributed by atoms with Crippen molar-refractivity contribution in [3.63, 3.8) is 0 Å². The molecule has 2 aromatic heterocycles. The maximum absolute atomic E-state index is 16.0. The average Bonchev–Trinajstić information content (AvgIpc) is 1.51. The first-order valence-electron chi connectivity index (χ1n) is 53.5. The van der Waals surface area contributed by atoms with Gasteiger partial charge in [-0.25, -0.2) is 28.8 Å². The molecule has 26 nitrogen and oxygen atoms in total. The summed E-state index contributed by atoms with van der Waals surface area (Å²) in [6.45, 7) is 33.2. The normalized spacial score (nSPS) is 22.0. The van der Waals surface area contributed by atoms with Gasteiger partial charge in [-0.1, -0.05) is 231 Å². The number of amides is 8. The van der Waals surface area contributed by atoms with Crippen LogP contribution in [0, 0.1) is 47.3 Å². The zero-order valence-electron chi connectivity index (χ0n) is 87.2. The largest absolute Gasteiger partial charge is 0.494 e. The van der Waals surface area contributed by atoms with Crippen LogP contribution >= 0.6 is 0 Å². The van der Waals surface area contributed by atoms with Gasteiger partial charge in [-0.15, -0.1) is 0 Å². The van der Waals surface area contributed by atoms with E-state index in [1.165, 1.54) is 106 Å². The van der Waals surface area contributed by atoms with Crippen molar-refractivity contribution in [2.75, 3.05) is 42.8 Å². The number of unbranched alkanes of at least 4 members (excludes halogenated alkanes) is 21. The van der Waals surface area contributed by atoms with Crippen LogP contribution in [-0.4, -0.2) is 134 Å². The molecule has 3 aliphatic carbocycles. The predicted octanol–water partition coefficient (Wildman–Crippen LogP) is 20.9. The van der Waals surface area contributed by atoms with Gasteiger partial charge < -0.3 is 23.7 Å². The highest BCUT2D eigenvalue weighted by molar-refractivity contribution is 6.29. The van der Waals surface area contributed by atoms with Crippen molar-refractivity contribution in [1.82, 2.24) is 18.9 Å². The first-order chi connectivity index (χ1) is 67.7. The minimum absolute atomic E-state index is 0.0326. The number of hydrogen-bond donors (Lipinski definition) is 0. The fourth-order valence-corrected chi connectivity index (χ4v) is 23.9. The Hall–Kier alpha value is -10.9. The van der Waals surface area contributed by atoms with Crippen LogP contribution < -0.4 is 36.8 Å². The summed E-state index contributed by atoms with van der Waals surface area (Å²) in [5, 5.41) is -0.405. The van der Waals surface area contributed by atoms with E-state index in [1.54, 1.807) is 92.6 Å². The Morgan fingerprint density at radius 1 is 0.324 bits per heavy atom. The zero-order valence-corrected chi connectivity index (χ0v) is 87.2. The maximum atomic E-state index is 16.0. The second-order valence-corrected chi connectivity index (χ2v) is 44.3. The number of carbonyl (C=O) groups excluding carboxylic acids is 11. The number of imide groups is 4. The van der Waals surface area contributed by atoms with Gasteiger partial charge in [0.05, 0.1) is 146 Å². The summed E-state index contributed by atoms with van der Waals surface area (Å²) in [7, 11) is 0. The van der Waals surface area contributed by atoms with Crippen molar-refractivity contribution in [2.24, 2.45) is 47.3 Å². The number of nitrogens with zero attached hydrogens (tertiary/aromatic N) is 6. The van der Waals surface area contributed by atoms with Crippen LogP contribution in [0.5, 0.6) is 5.75 Å². The third-order valence-electron chi connectivity index (χ3n) is 34.2. The molecule has 4 aliphatic heterocycles. The molecular weight excluding hydrogens is 1800 g/mol. The van der Waals surface area contributed by atoms with E-state index in [0.717, 1.165) is 132 Å². The van der Waals surface area contributed by atoms with Gasteiger partial charge in [0, 0.05) is 23.0 Å². The van der Waals surface area contributed by atoms with Gasteiger partial charge in [0.2, 0.25) is 47.3 Å². The van der Waals surface area contributed by atoms with Crippen LogP contribution in [0.2, 0.25) is 0 Å². The van der Waals surface area contributed by atoms with Crippen LogP contribution in [0.4, 0.5) is 11.4 Å². The second kappa shape index (κ2) is 44.4. The smallest absolute Gasteiger partial charge is 0.338 e. The highest BCUT2D eigenvalue weighted by atomic mass is 16.5. The number of benzene rings is 5. The fraction of sp³-hybridized carbons (Fsp3) is 0.612. The quantitative estimate of drug-likeness (QED) is 0.0148. The Morgan fingerprint density at radius 2 is 0.662 bits per heavy atom. The predicted molar refractivity (Wildman–Crippen MR) is 548 cm³/mol. The van der Waals surface area contributed by atoms with Crippen LogP contribution in [0.1, 0.15) is 389 Å². The lowest BCUT2D eigenvalue weighted by Gasteiger charge is -2.51. The van der Waals surface area contributed by atoms with Crippen LogP contribution in [0.3, 0.4) is 0 Å². The Labute approximate surface area is 836 Å². The van der Waals surface area contributed by atoms with Gasteiger partial charge >= 0.3 is 17.9 Å². The van der Waals surface area contributed by atoms with Gasteiger partial charge in [0.1, 0.15) is 5.75 Å². The molecule has 7 aliphatic rings. The molecule has 4 saturated heterocycles. The monoisotopic (exact) mass is 1950 g/mol. The van der Waals surface area contributed by atoms with Crippen molar-refractivity contribution in [3.05, 3.63) is 171 Å². The first-order valence-corrected chi connectivity index (χ1v) is 53.5. The SMILES string of the molecule is CCCCCCCCCCCCCOC(=O)c1cc(N2C(=O)C3C(C2=O)C2C(=O)N(C(C)(CC)C(C)(CC)c4cc(C(=O)OCCCCOc5ccc(C6CCC(OCCCCCC)CC6)cc5)cc(-n5c(=O)c6cc7c(=O)n(C(C)(C)CC)c(=O)c7cc6c5=O)c4)C(=O)C32)cc(C(C)(C)C(C)(CC)N2C(=O)C3C4C(=O)N(c5cc(C(=O)OCCCCCCCCCC)cc(C(C)(C)C)c5)C(=O)C4C3C2=O)c1. The molecule has 5 aromatic carbocycles. The first kappa shape index (κ1) is 107. The number of anilines is 2. The standard InChI is InChI=1S/C116H152N6O20/c1-18-25-28-31-33-35-36-37-39-41-44-58-141-109(136)74-61-77(113(13,14)115(16,23-6)121-104(131)92-88-89(93(92)105(121)132)101(128)118(100(88)127)79-63-73(60-76(66-79)111(8,9)10)108(135)140-57-43-40-38-34-32-29-26-19-2)67-80(64-74)119-102(129)90-91(103(119)130)95-94(90)106(133)122(107(95)134)116(17,24-7)114(15,22-5)78-62-75(65-81(68-78)117-96(123)84-69-86-87(70-85(84)97(117)124)99(126)120(98(86)125)112(11,12)21-4)110(137)142-59-46-45-56-139-83-53-49-72(50-54-83)71-47-51-82(52-48-71)138-55-42-30-27-20-3/h49-50,53-54,60-71,82,88-95H,18-48,51-52,55-59H2,1-17H3. The molecular formula is C116H152N6O20. The van der Waals surface area contributed by atoms with E-state index in [-0.39, 0.29) is 106 Å². The van der Waals surface area contributed by atoms with Crippen molar-refractivity contribution >= 4 is 98.1 Å². The van der Waals surface area contributed by atoms with E-state index in [1.807, 2.05) is 46.8 Å². The fourth-order valence-electron chi connectivity index (χ4n) is 23.9. The lowest BCUT2D eigenvalue weighted by molar-refractivity contribution is -0.151. The van der Waals surface area contributed by atoms with Crippen LogP contribution in [0.15, 0.2) is 110 Å². The summed E-state index contributed by atoms with van der Waals surface area (Å²) in [6.07, 6.45) is 30.7. The minimum Gasteiger partial charge on any atom is -0.494 e. The second-order valence-electron chi connectivity index (χ2n) is 44.3. The van der Waals surface area contributed by atoms with Crippen molar-refractivity contribution in [3.8, 4) is 11.4 Å². The van der Waals surface area contributed by atoms with Gasteiger partial charge in [-0.05, 0) is 224 Å². The number of hydrogen-bond acceptors (Lipinski definition) is 20. The van der Waals surface area contributed by atoms with E-state index in [9.17, 15) is 24.0 Å². The van der Waals surface area contributed by atoms with Crippen molar-refractivity contribution in [1.29, 1.82) is 0 Å². The molecule has 8 amide bonds. The number of esters is 3. The molecule has 0 bridgehead atoms. The molecule has 14 rings (SSSR count). The Balaban J connectivity index is 0.722. The Morgan fingerprint density at radius 3 is 1.06 bits per heavy atom. The molecule has 3 saturated carbocycles. The summed E-state index contributed by atoms with van der Waals surface area (Å²) < 4.78 is 32.3. The topological polar surface area (TPSA) is 325 Å². The molecule has 142 heavy (non-hydrogen) atoms. The van der Waals surface area contributed by atoms with Crippen LogP contribution in [0.25, 0.3) is 27.2 Å². The number of rotatable bonds is 51. The molecule has 11 atom stereocenters. The summed E-state index contributed by atoms with van der Waals surface area (Å²) in [4.78, 5) is 231. The van der Waals surface area contributed by atoms with Crippen molar-refractivity contribution < 1.29 is 76.4 Å². The van der Waals surface area contributed by atoms with E-state index in [4.69, 9.17) is 23.7 Å². The molecule has 0 spiro atoms. The summed E-state index contributed by atoms with van der Waals surface area (Å²) >= 11 is 0. The number of likely N-dealkylation sites (tertiary alicyclic amines) is 2. The van der Waals surface area contributed by atoms with E-state index in [2.05, 4.69) is 32.9 Å². The van der Waals surface area contributed by atoms with Crippen molar-refractivity contribution in [2.45, 2.75) is 374 Å². The molecule has 6 heterocycles. The lowest BCUT2D eigenvalue weighted by Crippen LogP contribution is -2.61. The van der Waals surface area contributed by atoms with Gasteiger partial charge in [-0.2, -0.15) is 0 Å². The molecule has 766 valence electrons. The zero-order chi connectivity index (χ0) is 103. The van der Waals surface area contributed by atoms with E-state index in [0.29, 0.717) is 62.0 Å². The molecule has 7 aromatic rings. The molecule has 26 heteroatoms. The van der Waals surface area contributed by atoms with Gasteiger partial charge in [0.25, 0.3) is 22.2 Å². The third kappa shape index (κ3) is 20.2. The molecule has 11 unspecified atom stereocenters. The highest BCUT2D eigenvalue weighted by Crippen LogP contribution is 2.63. The number of ether oxygens (including phenoxy) is 5. The average molecular weight is 1950 g/mol. The Bertz CT molecular complexity index is 5970. The third-order valence-corrected chi connectivity index (χ3v) is 34.2. The minimum atomic E-state index is -1.58. The molecule has 0 radical (unpaired) electrons. The number of aromatic nitrogens is 2. The summed E-state index contributed by atoms with van der Waals surface area (Å²) in [5.41, 5.74) is -8.00. The Kier molecular flexibility index (Phi) is 33.4. The summed E-state index contributed by atoms with van der Waals surface area (Å²) in [5.74, 6) is -17.4. The van der Waals surface area contributed by atoms with E-state index >= 15 is 47.9 Å². The van der Waals surface area contributed by atoms with Crippen LogP contribution in [-0.2, 0) is 79.1 Å². The number of fused-ring (bicyclic) bond motifs is 10. The molecule has 7 fully saturated rings.